The summed E-state index contributed by atoms with van der Waals surface area (Å²) in [5.74, 6) is 1.20. The van der Waals surface area contributed by atoms with Crippen LogP contribution in [-0.2, 0) is 6.61 Å². The minimum Gasteiger partial charge on any atom is -0.493 e. The molecule has 5 aromatic rings. The number of ether oxygens (including phenoxy) is 3. The van der Waals surface area contributed by atoms with Crippen molar-refractivity contribution in [1.29, 1.82) is 0 Å². The predicted octanol–water partition coefficient (Wildman–Crippen LogP) is 5.82. The molecule has 0 saturated carbocycles. The molecule has 3 aromatic carbocycles. The van der Waals surface area contributed by atoms with Crippen molar-refractivity contribution in [2.45, 2.75) is 6.61 Å². The largest absolute Gasteiger partial charge is 0.493 e. The summed E-state index contributed by atoms with van der Waals surface area (Å²) in [6.07, 6.45) is 0. The van der Waals surface area contributed by atoms with Crippen molar-refractivity contribution < 1.29 is 23.0 Å². The standard InChI is InChI=1S/C27H19ClO7/c1-31-22-9-8-19-20(13-24(29)35-25(19)26(22)32-2)21-11-16-6-7-18(12-23(16)34-27(21)30)33-14-15-4-3-5-17(28)10-15/h3-13H,14H2,1-2H3. The van der Waals surface area contributed by atoms with Crippen molar-refractivity contribution in [1.82, 2.24) is 0 Å². The van der Waals surface area contributed by atoms with Gasteiger partial charge in [-0.2, -0.15) is 0 Å². The summed E-state index contributed by atoms with van der Waals surface area (Å²) < 4.78 is 27.5. The van der Waals surface area contributed by atoms with Gasteiger partial charge in [0.25, 0.3) is 0 Å². The lowest BCUT2D eigenvalue weighted by molar-refractivity contribution is 0.306. The minimum absolute atomic E-state index is 0.179. The van der Waals surface area contributed by atoms with E-state index in [0.717, 1.165) is 5.56 Å². The first kappa shape index (κ1) is 22.6. The van der Waals surface area contributed by atoms with E-state index in [9.17, 15) is 9.59 Å². The first-order valence-corrected chi connectivity index (χ1v) is 11.0. The maximum Gasteiger partial charge on any atom is 0.344 e. The molecule has 0 spiro atoms. The Morgan fingerprint density at radius 1 is 0.857 bits per heavy atom. The molecule has 0 amide bonds. The Morgan fingerprint density at radius 2 is 1.71 bits per heavy atom. The molecule has 2 aromatic heterocycles. The zero-order valence-corrected chi connectivity index (χ0v) is 19.5. The molecule has 8 heteroatoms. The summed E-state index contributed by atoms with van der Waals surface area (Å²) in [4.78, 5) is 25.3. The maximum absolute atomic E-state index is 13.0. The van der Waals surface area contributed by atoms with Crippen LogP contribution in [0.4, 0.5) is 0 Å². The van der Waals surface area contributed by atoms with E-state index in [-0.39, 0.29) is 16.9 Å². The number of hydrogen-bond acceptors (Lipinski definition) is 7. The van der Waals surface area contributed by atoms with Gasteiger partial charge >= 0.3 is 11.3 Å². The number of fused-ring (bicyclic) bond motifs is 2. The Balaban J connectivity index is 1.56. The molecule has 0 N–H and O–H groups in total. The van der Waals surface area contributed by atoms with Crippen LogP contribution in [-0.4, -0.2) is 14.2 Å². The molecule has 0 saturated heterocycles. The fourth-order valence-electron chi connectivity index (χ4n) is 3.92. The molecule has 7 nitrogen and oxygen atoms in total. The molecule has 0 fully saturated rings. The monoisotopic (exact) mass is 490 g/mol. The number of hydrogen-bond donors (Lipinski definition) is 0. The Hall–Kier alpha value is -4.23. The molecule has 0 atom stereocenters. The molecular formula is C27H19ClO7. The summed E-state index contributed by atoms with van der Waals surface area (Å²) in [5, 5.41) is 1.80. The molecule has 0 aliphatic rings. The lowest BCUT2D eigenvalue weighted by Crippen LogP contribution is -2.07. The van der Waals surface area contributed by atoms with Crippen molar-refractivity contribution in [2.24, 2.45) is 0 Å². The van der Waals surface area contributed by atoms with E-state index < -0.39 is 11.3 Å². The fourth-order valence-corrected chi connectivity index (χ4v) is 4.14. The molecule has 176 valence electrons. The third-order valence-electron chi connectivity index (χ3n) is 5.55. The second kappa shape index (κ2) is 9.19. The number of halogens is 1. The average Bonchev–Trinajstić information content (AvgIpc) is 2.85. The summed E-state index contributed by atoms with van der Waals surface area (Å²) in [6, 6.07) is 18.9. The lowest BCUT2D eigenvalue weighted by atomic mass is 10.0. The lowest BCUT2D eigenvalue weighted by Gasteiger charge is -2.12. The van der Waals surface area contributed by atoms with Crippen LogP contribution in [0, 0.1) is 0 Å². The molecule has 0 radical (unpaired) electrons. The van der Waals surface area contributed by atoms with Crippen LogP contribution in [0.15, 0.2) is 85.2 Å². The first-order chi connectivity index (χ1) is 17.0. The van der Waals surface area contributed by atoms with Gasteiger partial charge in [0.05, 0.1) is 19.8 Å². The van der Waals surface area contributed by atoms with E-state index in [1.54, 1.807) is 42.5 Å². The van der Waals surface area contributed by atoms with Crippen molar-refractivity contribution in [3.63, 3.8) is 0 Å². The molecule has 2 heterocycles. The fraction of sp³-hybridized carbons (Fsp3) is 0.111. The zero-order chi connectivity index (χ0) is 24.5. The van der Waals surface area contributed by atoms with Crippen LogP contribution in [0.3, 0.4) is 0 Å². The van der Waals surface area contributed by atoms with E-state index in [4.69, 9.17) is 34.6 Å². The Bertz CT molecular complexity index is 1680. The predicted molar refractivity (Wildman–Crippen MR) is 133 cm³/mol. The highest BCUT2D eigenvalue weighted by molar-refractivity contribution is 6.30. The number of benzene rings is 3. The second-order valence-electron chi connectivity index (χ2n) is 7.72. The van der Waals surface area contributed by atoms with E-state index >= 15 is 0 Å². The summed E-state index contributed by atoms with van der Waals surface area (Å²) in [6.45, 7) is 0.311. The van der Waals surface area contributed by atoms with Gasteiger partial charge in [-0.15, -0.1) is 0 Å². The second-order valence-corrected chi connectivity index (χ2v) is 8.16. The first-order valence-electron chi connectivity index (χ1n) is 10.6. The quantitative estimate of drug-likeness (QED) is 0.277. The Morgan fingerprint density at radius 3 is 2.49 bits per heavy atom. The van der Waals surface area contributed by atoms with Gasteiger partial charge in [-0.3, -0.25) is 0 Å². The number of methoxy groups -OCH3 is 2. The number of rotatable bonds is 6. The van der Waals surface area contributed by atoms with Crippen LogP contribution in [0.1, 0.15) is 5.56 Å². The van der Waals surface area contributed by atoms with Gasteiger partial charge in [0, 0.05) is 33.5 Å². The van der Waals surface area contributed by atoms with Gasteiger partial charge < -0.3 is 23.0 Å². The molecule has 35 heavy (non-hydrogen) atoms. The molecule has 0 aliphatic heterocycles. The Labute approximate surface area is 204 Å². The average molecular weight is 491 g/mol. The maximum atomic E-state index is 13.0. The molecule has 0 bridgehead atoms. The van der Waals surface area contributed by atoms with E-state index in [2.05, 4.69) is 0 Å². The van der Waals surface area contributed by atoms with Crippen LogP contribution in [0.25, 0.3) is 33.1 Å². The van der Waals surface area contributed by atoms with Crippen molar-refractivity contribution >= 4 is 33.5 Å². The molecule has 5 rings (SSSR count). The summed E-state index contributed by atoms with van der Waals surface area (Å²) in [5.41, 5.74) is 0.794. The van der Waals surface area contributed by atoms with Crippen LogP contribution in [0.5, 0.6) is 17.2 Å². The summed E-state index contributed by atoms with van der Waals surface area (Å²) >= 11 is 6.02. The van der Waals surface area contributed by atoms with Gasteiger partial charge in [0.1, 0.15) is 17.9 Å². The normalized spacial score (nSPS) is 11.1. The highest BCUT2D eigenvalue weighted by Gasteiger charge is 2.19. The highest BCUT2D eigenvalue weighted by Crippen LogP contribution is 2.38. The van der Waals surface area contributed by atoms with E-state index in [0.29, 0.717) is 45.0 Å². The van der Waals surface area contributed by atoms with Gasteiger partial charge in [0.2, 0.25) is 5.75 Å². The summed E-state index contributed by atoms with van der Waals surface area (Å²) in [7, 11) is 2.93. The van der Waals surface area contributed by atoms with Gasteiger partial charge in [-0.25, -0.2) is 9.59 Å². The van der Waals surface area contributed by atoms with E-state index in [1.165, 1.54) is 20.3 Å². The third-order valence-corrected chi connectivity index (χ3v) is 5.78. The van der Waals surface area contributed by atoms with Crippen LogP contribution >= 0.6 is 11.6 Å². The van der Waals surface area contributed by atoms with Crippen molar-refractivity contribution in [2.75, 3.05) is 14.2 Å². The van der Waals surface area contributed by atoms with Crippen molar-refractivity contribution in [3.05, 3.63) is 98.2 Å². The van der Waals surface area contributed by atoms with Gasteiger partial charge in [-0.1, -0.05) is 23.7 Å². The SMILES string of the molecule is COc1ccc2c(-c3cc4ccc(OCc5cccc(Cl)c5)cc4oc3=O)cc(=O)oc2c1OC. The van der Waals surface area contributed by atoms with Crippen molar-refractivity contribution in [3.8, 4) is 28.4 Å². The van der Waals surface area contributed by atoms with Gasteiger partial charge in [0.15, 0.2) is 11.3 Å². The minimum atomic E-state index is -0.636. The Kier molecular flexibility index (Phi) is 5.93. The zero-order valence-electron chi connectivity index (χ0n) is 18.8. The third kappa shape index (κ3) is 4.34. The smallest absolute Gasteiger partial charge is 0.344 e. The topological polar surface area (TPSA) is 88.1 Å². The van der Waals surface area contributed by atoms with Crippen LogP contribution < -0.4 is 25.5 Å². The van der Waals surface area contributed by atoms with E-state index in [1.807, 2.05) is 18.2 Å². The van der Waals surface area contributed by atoms with Crippen LogP contribution in [0.2, 0.25) is 5.02 Å². The van der Waals surface area contributed by atoms with Gasteiger partial charge in [-0.05, 0) is 48.0 Å². The molecular weight excluding hydrogens is 472 g/mol. The molecule has 0 unspecified atom stereocenters. The molecule has 0 aliphatic carbocycles. The highest BCUT2D eigenvalue weighted by atomic mass is 35.5.